The molecule has 1 heterocycles. The standard InChI is InChI=1S/C64H44N2O/c1-6-20-45(21-7-1)46-34-36-53(37-35-46)66(61-33-19-18-32-57(61)48-24-10-3-11-25-48)55-43-60-59-40-50-28-16-17-29-51(50)41-63(59)67-64(60)62(44-55)65(52-30-14-5-15-31-52)54-38-39-56(47-22-8-2-9-23-47)58(42-54)49-26-12-4-13-27-49/h1-44H. The van der Waals surface area contributed by atoms with Crippen molar-refractivity contribution in [3.8, 4) is 44.5 Å². The summed E-state index contributed by atoms with van der Waals surface area (Å²) in [6.45, 7) is 0. The second kappa shape index (κ2) is 17.2. The Labute approximate surface area is 390 Å². The minimum absolute atomic E-state index is 0.807. The third kappa shape index (κ3) is 7.49. The molecule has 0 saturated heterocycles. The minimum atomic E-state index is 0.807. The smallest absolute Gasteiger partial charge is 0.159 e. The normalized spacial score (nSPS) is 11.3. The van der Waals surface area contributed by atoms with E-state index in [1.807, 2.05) is 0 Å². The average Bonchev–Trinajstić information content (AvgIpc) is 3.77. The maximum atomic E-state index is 7.17. The average molecular weight is 857 g/mol. The highest BCUT2D eigenvalue weighted by atomic mass is 16.3. The molecule has 0 unspecified atom stereocenters. The molecule has 3 heteroatoms. The fraction of sp³-hybridized carbons (Fsp3) is 0. The van der Waals surface area contributed by atoms with Gasteiger partial charge in [0.15, 0.2) is 5.58 Å². The van der Waals surface area contributed by atoms with Crippen LogP contribution in [-0.2, 0) is 0 Å². The van der Waals surface area contributed by atoms with Crippen molar-refractivity contribution in [2.75, 3.05) is 9.80 Å². The van der Waals surface area contributed by atoms with Crippen LogP contribution in [0.25, 0.3) is 77.2 Å². The topological polar surface area (TPSA) is 19.6 Å². The number of benzene rings is 11. The van der Waals surface area contributed by atoms with Crippen molar-refractivity contribution in [1.82, 2.24) is 0 Å². The Hall–Kier alpha value is -8.92. The first kappa shape index (κ1) is 39.7. The molecule has 0 spiro atoms. The van der Waals surface area contributed by atoms with Crippen LogP contribution in [0.15, 0.2) is 271 Å². The van der Waals surface area contributed by atoms with E-state index in [2.05, 4.69) is 277 Å². The summed E-state index contributed by atoms with van der Waals surface area (Å²) in [5, 5.41) is 4.39. The van der Waals surface area contributed by atoms with Crippen LogP contribution in [0.2, 0.25) is 0 Å². The molecule has 0 N–H and O–H groups in total. The van der Waals surface area contributed by atoms with Crippen molar-refractivity contribution < 1.29 is 4.42 Å². The predicted octanol–water partition coefficient (Wildman–Crippen LogP) is 18.3. The lowest BCUT2D eigenvalue weighted by Crippen LogP contribution is -2.14. The zero-order chi connectivity index (χ0) is 44.5. The molecule has 67 heavy (non-hydrogen) atoms. The van der Waals surface area contributed by atoms with Gasteiger partial charge in [-0.1, -0.05) is 200 Å². The number of anilines is 6. The molecule has 316 valence electrons. The van der Waals surface area contributed by atoms with Crippen molar-refractivity contribution >= 4 is 66.8 Å². The van der Waals surface area contributed by atoms with Gasteiger partial charge in [0.05, 0.1) is 11.4 Å². The molecule has 3 nitrogen and oxygen atoms in total. The van der Waals surface area contributed by atoms with E-state index in [1.54, 1.807) is 0 Å². The summed E-state index contributed by atoms with van der Waals surface area (Å²) in [7, 11) is 0. The summed E-state index contributed by atoms with van der Waals surface area (Å²) in [5.74, 6) is 0. The fourth-order valence-corrected chi connectivity index (χ4v) is 9.62. The molecule has 12 aromatic rings. The van der Waals surface area contributed by atoms with Gasteiger partial charge in [-0.3, -0.25) is 0 Å². The molecule has 11 aromatic carbocycles. The fourth-order valence-electron chi connectivity index (χ4n) is 9.62. The van der Waals surface area contributed by atoms with Crippen molar-refractivity contribution in [3.63, 3.8) is 0 Å². The van der Waals surface area contributed by atoms with Gasteiger partial charge in [0, 0.05) is 39.1 Å². The molecule has 0 aliphatic heterocycles. The SMILES string of the molecule is c1ccc(-c2ccc(N(c3cc(N(c4ccccc4)c4ccc(-c5ccccc5)c(-c5ccccc5)c4)c4oc5cc6ccccc6cc5c4c3)c3ccccc3-c3ccccc3)cc2)cc1. The monoisotopic (exact) mass is 856 g/mol. The van der Waals surface area contributed by atoms with E-state index < -0.39 is 0 Å². The zero-order valence-electron chi connectivity index (χ0n) is 36.7. The van der Waals surface area contributed by atoms with Crippen LogP contribution in [0.3, 0.4) is 0 Å². The zero-order valence-corrected chi connectivity index (χ0v) is 36.7. The third-order valence-electron chi connectivity index (χ3n) is 12.8. The van der Waals surface area contributed by atoms with Crippen molar-refractivity contribution in [1.29, 1.82) is 0 Å². The van der Waals surface area contributed by atoms with E-state index in [1.165, 1.54) is 16.7 Å². The lowest BCUT2D eigenvalue weighted by Gasteiger charge is -2.31. The Bertz CT molecular complexity index is 3660. The molecule has 0 amide bonds. The summed E-state index contributed by atoms with van der Waals surface area (Å²) in [6.07, 6.45) is 0. The summed E-state index contributed by atoms with van der Waals surface area (Å²) >= 11 is 0. The maximum Gasteiger partial charge on any atom is 0.159 e. The molecule has 1 aromatic heterocycles. The van der Waals surface area contributed by atoms with E-state index in [4.69, 9.17) is 4.42 Å². The molecule has 0 bridgehead atoms. The molecule has 12 rings (SSSR count). The highest BCUT2D eigenvalue weighted by Gasteiger charge is 2.26. The van der Waals surface area contributed by atoms with Crippen molar-refractivity contribution in [3.05, 3.63) is 267 Å². The molecule has 0 aliphatic rings. The molecule has 0 radical (unpaired) electrons. The molecular weight excluding hydrogens is 813 g/mol. The molecule has 0 saturated carbocycles. The summed E-state index contributed by atoms with van der Waals surface area (Å²) in [5.41, 5.74) is 16.9. The van der Waals surface area contributed by atoms with E-state index >= 15 is 0 Å². The van der Waals surface area contributed by atoms with Gasteiger partial charge < -0.3 is 14.2 Å². The van der Waals surface area contributed by atoms with Crippen LogP contribution >= 0.6 is 0 Å². The van der Waals surface area contributed by atoms with E-state index in [-0.39, 0.29) is 0 Å². The van der Waals surface area contributed by atoms with Crippen LogP contribution in [0.1, 0.15) is 0 Å². The lowest BCUT2D eigenvalue weighted by atomic mass is 9.93. The number of hydrogen-bond donors (Lipinski definition) is 0. The number of furan rings is 1. The van der Waals surface area contributed by atoms with Gasteiger partial charge in [-0.2, -0.15) is 0 Å². The maximum absolute atomic E-state index is 7.17. The predicted molar refractivity (Wildman–Crippen MR) is 282 cm³/mol. The second-order valence-electron chi connectivity index (χ2n) is 16.9. The Morgan fingerprint density at radius 2 is 0.731 bits per heavy atom. The molecular formula is C64H44N2O. The van der Waals surface area contributed by atoms with Crippen LogP contribution in [-0.4, -0.2) is 0 Å². The van der Waals surface area contributed by atoms with Crippen molar-refractivity contribution in [2.45, 2.75) is 0 Å². The Kier molecular flexibility index (Phi) is 10.2. The third-order valence-corrected chi connectivity index (χ3v) is 12.8. The Morgan fingerprint density at radius 3 is 1.39 bits per heavy atom. The van der Waals surface area contributed by atoms with Gasteiger partial charge in [-0.05, 0) is 116 Å². The molecule has 0 aliphatic carbocycles. The van der Waals surface area contributed by atoms with E-state index in [0.717, 1.165) is 94.7 Å². The van der Waals surface area contributed by atoms with Crippen LogP contribution < -0.4 is 9.80 Å². The highest BCUT2D eigenvalue weighted by molar-refractivity contribution is 6.15. The van der Waals surface area contributed by atoms with Gasteiger partial charge in [0.2, 0.25) is 0 Å². The quantitative estimate of drug-likeness (QED) is 0.137. The summed E-state index contributed by atoms with van der Waals surface area (Å²) in [6, 6.07) is 95.6. The summed E-state index contributed by atoms with van der Waals surface area (Å²) < 4.78 is 7.17. The first-order valence-corrected chi connectivity index (χ1v) is 22.8. The number of rotatable bonds is 10. The van der Waals surface area contributed by atoms with E-state index in [0.29, 0.717) is 0 Å². The number of hydrogen-bond acceptors (Lipinski definition) is 3. The van der Waals surface area contributed by atoms with Gasteiger partial charge in [-0.15, -0.1) is 0 Å². The minimum Gasteiger partial charge on any atom is -0.454 e. The molecule has 0 atom stereocenters. The summed E-state index contributed by atoms with van der Waals surface area (Å²) in [4.78, 5) is 4.78. The number of fused-ring (bicyclic) bond motifs is 4. The van der Waals surface area contributed by atoms with Gasteiger partial charge >= 0.3 is 0 Å². The largest absolute Gasteiger partial charge is 0.454 e. The lowest BCUT2D eigenvalue weighted by molar-refractivity contribution is 0.669. The molecule has 0 fully saturated rings. The first-order chi connectivity index (χ1) is 33.2. The number of para-hydroxylation sites is 2. The van der Waals surface area contributed by atoms with Crippen molar-refractivity contribution in [2.24, 2.45) is 0 Å². The Balaban J connectivity index is 1.16. The van der Waals surface area contributed by atoms with Gasteiger partial charge in [0.25, 0.3) is 0 Å². The first-order valence-electron chi connectivity index (χ1n) is 22.8. The van der Waals surface area contributed by atoms with Gasteiger partial charge in [-0.25, -0.2) is 0 Å². The highest BCUT2D eigenvalue weighted by Crippen LogP contribution is 2.50. The van der Waals surface area contributed by atoms with E-state index in [9.17, 15) is 0 Å². The Morgan fingerprint density at radius 1 is 0.254 bits per heavy atom. The number of nitrogens with zero attached hydrogens (tertiary/aromatic N) is 2. The van der Waals surface area contributed by atoms with Crippen LogP contribution in [0, 0.1) is 0 Å². The van der Waals surface area contributed by atoms with Crippen LogP contribution in [0.5, 0.6) is 0 Å². The van der Waals surface area contributed by atoms with Crippen LogP contribution in [0.4, 0.5) is 34.1 Å². The van der Waals surface area contributed by atoms with Gasteiger partial charge in [0.1, 0.15) is 5.58 Å². The second-order valence-corrected chi connectivity index (χ2v) is 16.9.